The molecular formula is C13H18N2O4S. The van der Waals surface area contributed by atoms with E-state index in [-0.39, 0.29) is 17.5 Å². The highest BCUT2D eigenvalue weighted by Crippen LogP contribution is 2.14. The standard InChI is InChI=1S/C13H18N2O4S/c1-10(6-12-4-3-5-19-12)14-20(17,18)13-7-11(9-16)15(2)8-13/h3-5,7-8,10,14,16H,6,9H2,1-2H3. The van der Waals surface area contributed by atoms with Crippen LogP contribution in [-0.2, 0) is 30.1 Å². The minimum Gasteiger partial charge on any atom is -0.469 e. The Labute approximate surface area is 118 Å². The van der Waals surface area contributed by atoms with Gasteiger partial charge in [0, 0.05) is 31.4 Å². The van der Waals surface area contributed by atoms with Crippen LogP contribution in [0.1, 0.15) is 18.4 Å². The second kappa shape index (κ2) is 5.82. The number of nitrogens with zero attached hydrogens (tertiary/aromatic N) is 1. The molecule has 6 nitrogen and oxygen atoms in total. The maximum atomic E-state index is 12.2. The number of aliphatic hydroxyl groups is 1. The van der Waals surface area contributed by atoms with Crippen molar-refractivity contribution in [1.82, 2.24) is 9.29 Å². The van der Waals surface area contributed by atoms with Crippen LogP contribution in [0.4, 0.5) is 0 Å². The smallest absolute Gasteiger partial charge is 0.242 e. The Bertz CT molecular complexity index is 659. The molecule has 0 aromatic carbocycles. The van der Waals surface area contributed by atoms with Gasteiger partial charge in [0.2, 0.25) is 10.0 Å². The summed E-state index contributed by atoms with van der Waals surface area (Å²) in [4.78, 5) is 0.148. The fourth-order valence-corrected chi connectivity index (χ4v) is 3.32. The Kier molecular flexibility index (Phi) is 4.32. The van der Waals surface area contributed by atoms with Crippen LogP contribution >= 0.6 is 0 Å². The second-order valence-electron chi connectivity index (χ2n) is 4.74. The second-order valence-corrected chi connectivity index (χ2v) is 6.46. The quantitative estimate of drug-likeness (QED) is 0.834. The average Bonchev–Trinajstić information content (AvgIpc) is 2.97. The molecule has 2 rings (SSSR count). The monoisotopic (exact) mass is 298 g/mol. The first kappa shape index (κ1) is 14.8. The van der Waals surface area contributed by atoms with E-state index >= 15 is 0 Å². The zero-order valence-electron chi connectivity index (χ0n) is 11.4. The van der Waals surface area contributed by atoms with Crippen molar-refractivity contribution in [3.8, 4) is 0 Å². The molecule has 0 saturated carbocycles. The number of hydrogen-bond acceptors (Lipinski definition) is 4. The predicted molar refractivity (Wildman–Crippen MR) is 73.5 cm³/mol. The number of hydrogen-bond donors (Lipinski definition) is 2. The number of sulfonamides is 1. The maximum absolute atomic E-state index is 12.2. The molecule has 0 saturated heterocycles. The molecule has 2 aromatic rings. The van der Waals surface area contributed by atoms with E-state index in [0.717, 1.165) is 5.76 Å². The Morgan fingerprint density at radius 2 is 2.25 bits per heavy atom. The summed E-state index contributed by atoms with van der Waals surface area (Å²) in [6.45, 7) is 1.57. The summed E-state index contributed by atoms with van der Waals surface area (Å²) in [5.74, 6) is 0.726. The summed E-state index contributed by atoms with van der Waals surface area (Å²) in [6.07, 6.45) is 3.51. The molecule has 0 fully saturated rings. The van der Waals surface area contributed by atoms with Crippen molar-refractivity contribution in [3.63, 3.8) is 0 Å². The molecule has 1 atom stereocenters. The summed E-state index contributed by atoms with van der Waals surface area (Å²) in [5, 5.41) is 9.10. The van der Waals surface area contributed by atoms with E-state index in [9.17, 15) is 8.42 Å². The molecule has 0 aliphatic heterocycles. The van der Waals surface area contributed by atoms with Gasteiger partial charge in [-0.15, -0.1) is 0 Å². The van der Waals surface area contributed by atoms with Crippen molar-refractivity contribution in [3.05, 3.63) is 42.1 Å². The Morgan fingerprint density at radius 1 is 1.50 bits per heavy atom. The van der Waals surface area contributed by atoms with Gasteiger partial charge in [0.25, 0.3) is 0 Å². The third-order valence-corrected chi connectivity index (χ3v) is 4.56. The maximum Gasteiger partial charge on any atom is 0.242 e. The lowest BCUT2D eigenvalue weighted by atomic mass is 10.2. The van der Waals surface area contributed by atoms with Crippen LogP contribution in [0.2, 0.25) is 0 Å². The minimum absolute atomic E-state index is 0.148. The van der Waals surface area contributed by atoms with Crippen LogP contribution in [0.5, 0.6) is 0 Å². The average molecular weight is 298 g/mol. The normalized spacial score (nSPS) is 13.6. The molecule has 0 aliphatic carbocycles. The number of aryl methyl sites for hydroxylation is 1. The zero-order chi connectivity index (χ0) is 14.8. The molecule has 0 aliphatic rings. The molecule has 2 aromatic heterocycles. The van der Waals surface area contributed by atoms with Crippen LogP contribution in [0.15, 0.2) is 40.0 Å². The Morgan fingerprint density at radius 3 is 2.80 bits per heavy atom. The van der Waals surface area contributed by atoms with E-state index in [2.05, 4.69) is 4.72 Å². The molecule has 2 N–H and O–H groups in total. The van der Waals surface area contributed by atoms with Crippen molar-refractivity contribution in [2.45, 2.75) is 30.9 Å². The molecule has 0 bridgehead atoms. The van der Waals surface area contributed by atoms with Gasteiger partial charge in [-0.1, -0.05) is 0 Å². The third kappa shape index (κ3) is 3.30. The summed E-state index contributed by atoms with van der Waals surface area (Å²) < 4.78 is 33.8. The predicted octanol–water partition coefficient (Wildman–Crippen LogP) is 1.02. The van der Waals surface area contributed by atoms with E-state index in [0.29, 0.717) is 12.1 Å². The van der Waals surface area contributed by atoms with Crippen LogP contribution in [0.3, 0.4) is 0 Å². The van der Waals surface area contributed by atoms with Gasteiger partial charge in [0.1, 0.15) is 5.76 Å². The first-order valence-electron chi connectivity index (χ1n) is 6.23. The fraction of sp³-hybridized carbons (Fsp3) is 0.385. The van der Waals surface area contributed by atoms with Crippen LogP contribution < -0.4 is 4.72 Å². The lowest BCUT2D eigenvalue weighted by Crippen LogP contribution is -2.33. The van der Waals surface area contributed by atoms with Gasteiger partial charge in [-0.3, -0.25) is 0 Å². The van der Waals surface area contributed by atoms with E-state index in [1.165, 1.54) is 12.3 Å². The summed E-state index contributed by atoms with van der Waals surface area (Å²) >= 11 is 0. The molecule has 2 heterocycles. The SMILES string of the molecule is CC(Cc1ccco1)NS(=O)(=O)c1cc(CO)n(C)c1. The van der Waals surface area contributed by atoms with Gasteiger partial charge in [0.05, 0.1) is 17.8 Å². The number of furan rings is 1. The fourth-order valence-electron chi connectivity index (χ4n) is 1.99. The molecule has 20 heavy (non-hydrogen) atoms. The highest BCUT2D eigenvalue weighted by atomic mass is 32.2. The highest BCUT2D eigenvalue weighted by molar-refractivity contribution is 7.89. The summed E-state index contributed by atoms with van der Waals surface area (Å²) in [6, 6.07) is 4.74. The van der Waals surface area contributed by atoms with Gasteiger partial charge >= 0.3 is 0 Å². The van der Waals surface area contributed by atoms with Crippen LogP contribution in [0, 0.1) is 0 Å². The molecule has 110 valence electrons. The minimum atomic E-state index is -3.60. The van der Waals surface area contributed by atoms with Gasteiger partial charge in [0.15, 0.2) is 0 Å². The van der Waals surface area contributed by atoms with Gasteiger partial charge in [-0.2, -0.15) is 0 Å². The molecular weight excluding hydrogens is 280 g/mol. The molecule has 0 radical (unpaired) electrons. The van der Waals surface area contributed by atoms with E-state index in [4.69, 9.17) is 9.52 Å². The van der Waals surface area contributed by atoms with Crippen LogP contribution in [-0.4, -0.2) is 24.1 Å². The topological polar surface area (TPSA) is 84.5 Å². The molecule has 0 spiro atoms. The first-order valence-corrected chi connectivity index (χ1v) is 7.71. The number of aliphatic hydroxyl groups excluding tert-OH is 1. The molecule has 0 amide bonds. The van der Waals surface area contributed by atoms with E-state index in [1.807, 2.05) is 0 Å². The number of rotatable bonds is 6. The lowest BCUT2D eigenvalue weighted by molar-refractivity contribution is 0.272. The Balaban J connectivity index is 2.10. The molecule has 7 heteroatoms. The van der Waals surface area contributed by atoms with Crippen molar-refractivity contribution in [2.24, 2.45) is 7.05 Å². The van der Waals surface area contributed by atoms with Crippen molar-refractivity contribution in [1.29, 1.82) is 0 Å². The van der Waals surface area contributed by atoms with Crippen LogP contribution in [0.25, 0.3) is 0 Å². The van der Waals surface area contributed by atoms with E-state index in [1.54, 1.807) is 36.9 Å². The zero-order valence-corrected chi connectivity index (χ0v) is 12.2. The summed E-state index contributed by atoms with van der Waals surface area (Å²) in [5.41, 5.74) is 0.545. The summed E-state index contributed by atoms with van der Waals surface area (Å²) in [7, 11) is -1.91. The number of aromatic nitrogens is 1. The van der Waals surface area contributed by atoms with Crippen molar-refractivity contribution >= 4 is 10.0 Å². The van der Waals surface area contributed by atoms with Crippen molar-refractivity contribution < 1.29 is 17.9 Å². The van der Waals surface area contributed by atoms with Gasteiger partial charge < -0.3 is 14.1 Å². The highest BCUT2D eigenvalue weighted by Gasteiger charge is 2.20. The molecule has 1 unspecified atom stereocenters. The van der Waals surface area contributed by atoms with E-state index < -0.39 is 10.0 Å². The van der Waals surface area contributed by atoms with Crippen molar-refractivity contribution in [2.75, 3.05) is 0 Å². The van der Waals surface area contributed by atoms with Gasteiger partial charge in [-0.25, -0.2) is 13.1 Å². The van der Waals surface area contributed by atoms with Gasteiger partial charge in [-0.05, 0) is 25.1 Å². The largest absolute Gasteiger partial charge is 0.469 e. The third-order valence-electron chi connectivity index (χ3n) is 3.00. The number of nitrogens with one attached hydrogen (secondary N) is 1. The Hall–Kier alpha value is -1.57. The lowest BCUT2D eigenvalue weighted by Gasteiger charge is -2.12. The first-order chi connectivity index (χ1) is 9.42.